The van der Waals surface area contributed by atoms with Gasteiger partial charge < -0.3 is 14.7 Å². The molecule has 2 amide bonds. The highest BCUT2D eigenvalue weighted by Crippen LogP contribution is 2.34. The van der Waals surface area contributed by atoms with Gasteiger partial charge in [-0.05, 0) is 70.4 Å². The van der Waals surface area contributed by atoms with E-state index in [4.69, 9.17) is 4.74 Å². The van der Waals surface area contributed by atoms with Crippen LogP contribution in [0.3, 0.4) is 0 Å². The number of aryl methyl sites for hydroxylation is 2. The summed E-state index contributed by atoms with van der Waals surface area (Å²) in [5.74, 6) is -2.64. The van der Waals surface area contributed by atoms with Gasteiger partial charge in [0.15, 0.2) is 0 Å². The Labute approximate surface area is 187 Å². The number of carboxylic acid groups (broad SMARTS) is 1. The van der Waals surface area contributed by atoms with Crippen molar-refractivity contribution in [2.45, 2.75) is 77.2 Å². The molecule has 0 radical (unpaired) electrons. The van der Waals surface area contributed by atoms with Gasteiger partial charge in [0.25, 0.3) is 0 Å². The summed E-state index contributed by atoms with van der Waals surface area (Å²) >= 11 is 0. The Morgan fingerprint density at radius 3 is 2.69 bits per heavy atom. The second-order valence-corrected chi connectivity index (χ2v) is 9.82. The maximum Gasteiger partial charge on any atom is 0.413 e. The Balaban J connectivity index is 1.48. The van der Waals surface area contributed by atoms with Gasteiger partial charge >= 0.3 is 12.2 Å². The lowest BCUT2D eigenvalue weighted by Gasteiger charge is -2.26. The van der Waals surface area contributed by atoms with Gasteiger partial charge in [-0.1, -0.05) is 6.07 Å². The highest BCUT2D eigenvalue weighted by Gasteiger charge is 2.37. The van der Waals surface area contributed by atoms with Crippen LogP contribution in [0.4, 0.5) is 24.2 Å². The molecule has 7 nitrogen and oxygen atoms in total. The van der Waals surface area contributed by atoms with Crippen molar-refractivity contribution in [1.82, 2.24) is 9.88 Å². The number of alkyl halides is 2. The maximum absolute atomic E-state index is 14.6. The predicted molar refractivity (Wildman–Crippen MR) is 116 cm³/mol. The average molecular weight is 454 g/mol. The van der Waals surface area contributed by atoms with Gasteiger partial charge in [0.05, 0.1) is 0 Å². The van der Waals surface area contributed by atoms with Gasteiger partial charge in [-0.2, -0.15) is 0 Å². The van der Waals surface area contributed by atoms with Crippen LogP contribution in [0.1, 0.15) is 64.1 Å². The fourth-order valence-electron chi connectivity index (χ4n) is 4.35. The van der Waals surface area contributed by atoms with Crippen molar-refractivity contribution in [2.75, 3.05) is 24.5 Å². The summed E-state index contributed by atoms with van der Waals surface area (Å²) in [6, 6.07) is 3.66. The summed E-state index contributed by atoms with van der Waals surface area (Å²) < 4.78 is 34.5. The van der Waals surface area contributed by atoms with E-state index in [0.717, 1.165) is 18.4 Å². The van der Waals surface area contributed by atoms with Crippen LogP contribution in [-0.4, -0.2) is 58.3 Å². The third-order valence-corrected chi connectivity index (χ3v) is 5.83. The minimum absolute atomic E-state index is 0.247. The number of ether oxygens (including phenoxy) is 1. The van der Waals surface area contributed by atoms with Crippen molar-refractivity contribution in [2.24, 2.45) is 5.92 Å². The Morgan fingerprint density at radius 2 is 2.00 bits per heavy atom. The number of nitrogens with zero attached hydrogens (tertiary/aromatic N) is 3. The van der Waals surface area contributed by atoms with E-state index in [2.05, 4.69) is 4.98 Å². The number of pyridine rings is 1. The third-order valence-electron chi connectivity index (χ3n) is 5.83. The average Bonchev–Trinajstić information content (AvgIpc) is 3.13. The van der Waals surface area contributed by atoms with E-state index in [0.29, 0.717) is 44.0 Å². The molecule has 3 heterocycles. The second kappa shape index (κ2) is 9.58. The molecule has 2 aliphatic heterocycles. The number of hydrogen-bond donors (Lipinski definition) is 1. The zero-order chi connectivity index (χ0) is 23.5. The molecule has 9 heteroatoms. The molecular formula is C23H33F2N3O4. The van der Waals surface area contributed by atoms with E-state index in [-0.39, 0.29) is 25.2 Å². The first-order valence-electron chi connectivity index (χ1n) is 11.3. The van der Waals surface area contributed by atoms with Crippen molar-refractivity contribution in [1.29, 1.82) is 0 Å². The van der Waals surface area contributed by atoms with Crippen LogP contribution in [0.25, 0.3) is 0 Å². The van der Waals surface area contributed by atoms with Gasteiger partial charge in [-0.3, -0.25) is 4.90 Å². The SMILES string of the molecule is CC(C)(C)OC(=O)N1CC[C@@H](CC(F)(F)CCCc2ccc3c(n2)N(C(=O)O)CCC3)C1. The Morgan fingerprint density at radius 1 is 1.25 bits per heavy atom. The van der Waals surface area contributed by atoms with E-state index in [1.807, 2.05) is 6.07 Å². The van der Waals surface area contributed by atoms with Gasteiger partial charge in [-0.15, -0.1) is 0 Å². The van der Waals surface area contributed by atoms with Gasteiger partial charge in [0.1, 0.15) is 11.4 Å². The molecule has 1 N–H and O–H groups in total. The van der Waals surface area contributed by atoms with Gasteiger partial charge in [0.2, 0.25) is 5.92 Å². The number of carbonyl (C=O) groups excluding carboxylic acids is 1. The second-order valence-electron chi connectivity index (χ2n) is 9.82. The summed E-state index contributed by atoms with van der Waals surface area (Å²) in [5.41, 5.74) is 0.902. The topological polar surface area (TPSA) is 83.0 Å². The third kappa shape index (κ3) is 6.53. The molecule has 178 valence electrons. The molecule has 1 saturated heterocycles. The standard InChI is InChI=1S/C23H33F2N3O4/c1-22(2,3)32-21(31)27-13-10-16(15-27)14-23(24,25)11-4-7-18-9-8-17-6-5-12-28(20(29)30)19(17)26-18/h8-9,16H,4-7,10-15H2,1-3H3,(H,29,30)/t16-/m0/s1. The number of anilines is 1. The molecule has 1 fully saturated rings. The summed E-state index contributed by atoms with van der Waals surface area (Å²) in [6.45, 7) is 6.48. The quantitative estimate of drug-likeness (QED) is 0.647. The number of rotatable bonds is 6. The summed E-state index contributed by atoms with van der Waals surface area (Å²) in [6.07, 6.45) is 0.682. The van der Waals surface area contributed by atoms with Crippen molar-refractivity contribution >= 4 is 18.0 Å². The number of fused-ring (bicyclic) bond motifs is 1. The lowest BCUT2D eigenvalue weighted by molar-refractivity contribution is -0.0319. The first-order chi connectivity index (χ1) is 14.9. The number of amides is 2. The monoisotopic (exact) mass is 453 g/mol. The molecule has 0 unspecified atom stereocenters. The number of hydrogen-bond acceptors (Lipinski definition) is 4. The van der Waals surface area contributed by atoms with E-state index in [9.17, 15) is 23.5 Å². The lowest BCUT2D eigenvalue weighted by atomic mass is 9.96. The summed E-state index contributed by atoms with van der Waals surface area (Å²) in [7, 11) is 0. The number of halogens is 2. The highest BCUT2D eigenvalue weighted by molar-refractivity contribution is 5.86. The van der Waals surface area contributed by atoms with Crippen molar-refractivity contribution in [3.8, 4) is 0 Å². The maximum atomic E-state index is 14.6. The summed E-state index contributed by atoms with van der Waals surface area (Å²) in [5, 5.41) is 9.36. The molecule has 0 bridgehead atoms. The van der Waals surface area contributed by atoms with Crippen LogP contribution in [0, 0.1) is 5.92 Å². The van der Waals surface area contributed by atoms with E-state index in [1.54, 1.807) is 26.8 Å². The number of aromatic nitrogens is 1. The normalized spacial score (nSPS) is 19.1. The fourth-order valence-corrected chi connectivity index (χ4v) is 4.35. The van der Waals surface area contributed by atoms with E-state index >= 15 is 0 Å². The van der Waals surface area contributed by atoms with Gasteiger partial charge in [0, 0.05) is 38.2 Å². The van der Waals surface area contributed by atoms with E-state index in [1.165, 1.54) is 9.80 Å². The molecule has 0 aromatic carbocycles. The fraction of sp³-hybridized carbons (Fsp3) is 0.696. The molecule has 1 aromatic heterocycles. The molecule has 1 aromatic rings. The molecule has 1 atom stereocenters. The smallest absolute Gasteiger partial charge is 0.413 e. The molecule has 0 aliphatic carbocycles. The van der Waals surface area contributed by atoms with Crippen LogP contribution in [0.2, 0.25) is 0 Å². The van der Waals surface area contributed by atoms with Crippen molar-refractivity contribution in [3.63, 3.8) is 0 Å². The Hall–Kier alpha value is -2.45. The van der Waals surface area contributed by atoms with Crippen molar-refractivity contribution < 1.29 is 28.2 Å². The van der Waals surface area contributed by atoms with Gasteiger partial charge in [-0.25, -0.2) is 23.4 Å². The first-order valence-corrected chi connectivity index (χ1v) is 11.3. The van der Waals surface area contributed by atoms with Crippen LogP contribution in [-0.2, 0) is 17.6 Å². The number of carbonyl (C=O) groups is 2. The molecule has 2 aliphatic rings. The summed E-state index contributed by atoms with van der Waals surface area (Å²) in [4.78, 5) is 30.7. The minimum Gasteiger partial charge on any atom is -0.465 e. The van der Waals surface area contributed by atoms with Crippen LogP contribution in [0.5, 0.6) is 0 Å². The predicted octanol–water partition coefficient (Wildman–Crippen LogP) is 5.12. The zero-order valence-corrected chi connectivity index (χ0v) is 19.1. The van der Waals surface area contributed by atoms with Crippen LogP contribution >= 0.6 is 0 Å². The molecule has 32 heavy (non-hydrogen) atoms. The Bertz CT molecular complexity index is 841. The van der Waals surface area contributed by atoms with Crippen LogP contribution in [0.15, 0.2) is 12.1 Å². The molecule has 0 saturated carbocycles. The molecular weight excluding hydrogens is 420 g/mol. The molecule has 3 rings (SSSR count). The largest absolute Gasteiger partial charge is 0.465 e. The van der Waals surface area contributed by atoms with Crippen LogP contribution < -0.4 is 4.90 Å². The van der Waals surface area contributed by atoms with E-state index < -0.39 is 23.7 Å². The highest BCUT2D eigenvalue weighted by atomic mass is 19.3. The minimum atomic E-state index is -2.82. The molecule has 0 spiro atoms. The number of likely N-dealkylation sites (tertiary alicyclic amines) is 1. The first kappa shape index (κ1) is 24.2. The van der Waals surface area contributed by atoms with Crippen molar-refractivity contribution in [3.05, 3.63) is 23.4 Å². The lowest BCUT2D eigenvalue weighted by Crippen LogP contribution is -2.35. The zero-order valence-electron chi connectivity index (χ0n) is 19.1. The Kier molecular flexibility index (Phi) is 7.25.